The smallest absolute Gasteiger partial charge is 0.406 e. The van der Waals surface area contributed by atoms with E-state index in [1.165, 1.54) is 18.2 Å². The Morgan fingerprint density at radius 1 is 0.912 bits per heavy atom. The Morgan fingerprint density at radius 3 is 2.18 bits per heavy atom. The summed E-state index contributed by atoms with van der Waals surface area (Å²) in [5.74, 6) is -1.31. The second-order valence-electron chi connectivity index (χ2n) is 8.22. The molecule has 4 rings (SSSR count). The SMILES string of the molecule is O=C(C(Cc1ccccc1)N1C(=O)CCC1=O)N1CCN(c2cccc(OC(F)(F)F)c2)CC1. The van der Waals surface area contributed by atoms with E-state index in [2.05, 4.69) is 4.74 Å². The summed E-state index contributed by atoms with van der Waals surface area (Å²) in [5, 5.41) is 0. The molecule has 2 fully saturated rings. The van der Waals surface area contributed by atoms with Crippen molar-refractivity contribution in [3.8, 4) is 5.75 Å². The van der Waals surface area contributed by atoms with E-state index in [0.29, 0.717) is 31.9 Å². The first-order chi connectivity index (χ1) is 16.2. The highest BCUT2D eigenvalue weighted by Gasteiger charge is 2.41. The Kier molecular flexibility index (Phi) is 6.76. The van der Waals surface area contributed by atoms with Gasteiger partial charge in [-0.25, -0.2) is 0 Å². The lowest BCUT2D eigenvalue weighted by Crippen LogP contribution is -2.56. The van der Waals surface area contributed by atoms with Gasteiger partial charge in [0.1, 0.15) is 11.8 Å². The van der Waals surface area contributed by atoms with Gasteiger partial charge in [-0.15, -0.1) is 13.2 Å². The number of alkyl halides is 3. The topological polar surface area (TPSA) is 70.2 Å². The average Bonchev–Trinajstić information content (AvgIpc) is 3.14. The zero-order valence-electron chi connectivity index (χ0n) is 18.3. The summed E-state index contributed by atoms with van der Waals surface area (Å²) in [6.07, 6.45) is -4.35. The lowest BCUT2D eigenvalue weighted by molar-refractivity contribution is -0.274. The summed E-state index contributed by atoms with van der Waals surface area (Å²) in [7, 11) is 0. The van der Waals surface area contributed by atoms with Gasteiger partial charge >= 0.3 is 6.36 Å². The second-order valence-corrected chi connectivity index (χ2v) is 8.22. The van der Waals surface area contributed by atoms with Crippen molar-refractivity contribution in [2.24, 2.45) is 0 Å². The van der Waals surface area contributed by atoms with Crippen molar-refractivity contribution in [1.29, 1.82) is 0 Å². The van der Waals surface area contributed by atoms with Crippen molar-refractivity contribution in [2.45, 2.75) is 31.7 Å². The third-order valence-corrected chi connectivity index (χ3v) is 5.97. The predicted octanol–water partition coefficient (Wildman–Crippen LogP) is 2.99. The van der Waals surface area contributed by atoms with Crippen LogP contribution < -0.4 is 9.64 Å². The molecule has 1 atom stereocenters. The minimum Gasteiger partial charge on any atom is -0.406 e. The molecule has 0 aromatic heterocycles. The summed E-state index contributed by atoms with van der Waals surface area (Å²) in [4.78, 5) is 42.8. The van der Waals surface area contributed by atoms with Gasteiger partial charge in [-0.2, -0.15) is 0 Å². The molecule has 2 aromatic carbocycles. The number of carbonyl (C=O) groups is 3. The van der Waals surface area contributed by atoms with Gasteiger partial charge in [0.15, 0.2) is 0 Å². The molecule has 0 bridgehead atoms. The Hall–Kier alpha value is -3.56. The molecule has 180 valence electrons. The molecular formula is C24H24F3N3O4. The summed E-state index contributed by atoms with van der Waals surface area (Å²) >= 11 is 0. The van der Waals surface area contributed by atoms with Crippen molar-refractivity contribution in [1.82, 2.24) is 9.80 Å². The highest BCUT2D eigenvalue weighted by molar-refractivity contribution is 6.05. The number of hydrogen-bond acceptors (Lipinski definition) is 5. The average molecular weight is 475 g/mol. The third kappa shape index (κ3) is 5.49. The van der Waals surface area contributed by atoms with E-state index in [1.54, 1.807) is 11.0 Å². The van der Waals surface area contributed by atoms with Gasteiger partial charge in [0, 0.05) is 57.2 Å². The van der Waals surface area contributed by atoms with E-state index in [0.717, 1.165) is 10.5 Å². The monoisotopic (exact) mass is 475 g/mol. The molecule has 2 aromatic rings. The van der Waals surface area contributed by atoms with Crippen molar-refractivity contribution in [3.05, 3.63) is 60.2 Å². The standard InChI is InChI=1S/C24H24F3N3O4/c25-24(26,27)34-19-8-4-7-18(16-19)28-11-13-29(14-12-28)23(33)20(15-17-5-2-1-3-6-17)30-21(31)9-10-22(30)32/h1-8,16,20H,9-15H2. The van der Waals surface area contributed by atoms with Crippen LogP contribution in [0.1, 0.15) is 18.4 Å². The second kappa shape index (κ2) is 9.74. The minimum atomic E-state index is -4.78. The molecule has 1 unspecified atom stereocenters. The van der Waals surface area contributed by atoms with Crippen LogP contribution in [0.15, 0.2) is 54.6 Å². The van der Waals surface area contributed by atoms with Crippen molar-refractivity contribution >= 4 is 23.4 Å². The number of ether oxygens (including phenoxy) is 1. The maximum Gasteiger partial charge on any atom is 0.573 e. The molecule has 0 N–H and O–H groups in total. The summed E-state index contributed by atoms with van der Waals surface area (Å²) < 4.78 is 41.6. The summed E-state index contributed by atoms with van der Waals surface area (Å²) in [5.41, 5.74) is 1.40. The molecule has 7 nitrogen and oxygen atoms in total. The lowest BCUT2D eigenvalue weighted by Gasteiger charge is -2.39. The van der Waals surface area contributed by atoms with Crippen LogP contribution in [0.25, 0.3) is 0 Å². The van der Waals surface area contributed by atoms with Gasteiger partial charge in [-0.05, 0) is 17.7 Å². The molecule has 10 heteroatoms. The van der Waals surface area contributed by atoms with Gasteiger partial charge in [0.25, 0.3) is 0 Å². The fourth-order valence-corrected chi connectivity index (χ4v) is 4.34. The van der Waals surface area contributed by atoms with Crippen LogP contribution in [0.5, 0.6) is 5.75 Å². The Balaban J connectivity index is 1.45. The maximum atomic E-state index is 13.5. The molecule has 2 heterocycles. The molecule has 34 heavy (non-hydrogen) atoms. The Labute approximate surface area is 194 Å². The summed E-state index contributed by atoms with van der Waals surface area (Å²) in [6, 6.07) is 14.0. The lowest BCUT2D eigenvalue weighted by atomic mass is 10.0. The molecule has 2 aliphatic heterocycles. The quantitative estimate of drug-likeness (QED) is 0.601. The van der Waals surface area contributed by atoms with Crippen molar-refractivity contribution in [3.63, 3.8) is 0 Å². The molecule has 0 radical (unpaired) electrons. The van der Waals surface area contributed by atoms with Crippen molar-refractivity contribution < 1.29 is 32.3 Å². The van der Waals surface area contributed by atoms with Gasteiger partial charge < -0.3 is 14.5 Å². The number of likely N-dealkylation sites (tertiary alicyclic amines) is 1. The van der Waals surface area contributed by atoms with Crippen LogP contribution in [0.3, 0.4) is 0 Å². The van der Waals surface area contributed by atoms with Gasteiger partial charge in [0.05, 0.1) is 0 Å². The van der Waals surface area contributed by atoms with Crippen LogP contribution in [0.4, 0.5) is 18.9 Å². The first-order valence-corrected chi connectivity index (χ1v) is 11.0. The molecule has 0 aliphatic carbocycles. The first kappa shape index (κ1) is 23.6. The van der Waals surface area contributed by atoms with Gasteiger partial charge in [-0.3, -0.25) is 19.3 Å². The van der Waals surface area contributed by atoms with E-state index in [9.17, 15) is 27.6 Å². The largest absolute Gasteiger partial charge is 0.573 e. The summed E-state index contributed by atoms with van der Waals surface area (Å²) in [6.45, 7) is 1.40. The normalized spacial score (nSPS) is 17.8. The number of hydrogen-bond donors (Lipinski definition) is 0. The fourth-order valence-electron chi connectivity index (χ4n) is 4.34. The van der Waals surface area contributed by atoms with E-state index in [-0.39, 0.29) is 42.7 Å². The number of amides is 3. The van der Waals surface area contributed by atoms with E-state index >= 15 is 0 Å². The third-order valence-electron chi connectivity index (χ3n) is 5.97. The van der Waals surface area contributed by atoms with Gasteiger partial charge in [-0.1, -0.05) is 36.4 Å². The molecule has 0 spiro atoms. The number of nitrogens with zero attached hydrogens (tertiary/aromatic N) is 3. The van der Waals surface area contributed by atoms with E-state index in [1.807, 2.05) is 35.2 Å². The Morgan fingerprint density at radius 2 is 1.56 bits per heavy atom. The van der Waals surface area contributed by atoms with Crippen molar-refractivity contribution in [2.75, 3.05) is 31.1 Å². The predicted molar refractivity (Wildman–Crippen MR) is 117 cm³/mol. The van der Waals surface area contributed by atoms with E-state index < -0.39 is 12.4 Å². The zero-order valence-corrected chi connectivity index (χ0v) is 18.3. The molecule has 2 aliphatic rings. The fraction of sp³-hybridized carbons (Fsp3) is 0.375. The number of anilines is 1. The van der Waals surface area contributed by atoms with Crippen LogP contribution in [-0.4, -0.2) is 66.1 Å². The zero-order chi connectivity index (χ0) is 24.3. The number of imide groups is 1. The molecule has 2 saturated heterocycles. The highest BCUT2D eigenvalue weighted by atomic mass is 19.4. The number of halogens is 3. The van der Waals surface area contributed by atoms with Crippen LogP contribution in [0, 0.1) is 0 Å². The first-order valence-electron chi connectivity index (χ1n) is 11.0. The van der Waals surface area contributed by atoms with E-state index in [4.69, 9.17) is 0 Å². The Bertz CT molecular complexity index is 1040. The highest BCUT2D eigenvalue weighted by Crippen LogP contribution is 2.28. The number of carbonyl (C=O) groups excluding carboxylic acids is 3. The van der Waals surface area contributed by atoms with Crippen LogP contribution in [-0.2, 0) is 20.8 Å². The molecule has 3 amide bonds. The van der Waals surface area contributed by atoms with Crippen LogP contribution >= 0.6 is 0 Å². The number of rotatable bonds is 6. The number of piperazine rings is 1. The molecular weight excluding hydrogens is 451 g/mol. The van der Waals surface area contributed by atoms with Gasteiger partial charge in [0.2, 0.25) is 17.7 Å². The number of benzene rings is 2. The minimum absolute atomic E-state index is 0.0987. The maximum absolute atomic E-state index is 13.5. The van der Waals surface area contributed by atoms with Crippen LogP contribution in [0.2, 0.25) is 0 Å². The molecule has 0 saturated carbocycles.